The molecule has 0 heterocycles. The van der Waals surface area contributed by atoms with Crippen LogP contribution in [0.1, 0.15) is 19.4 Å². The summed E-state index contributed by atoms with van der Waals surface area (Å²) in [4.78, 5) is 0. The molecule has 3 nitrogen and oxygen atoms in total. The molecule has 1 aromatic rings. The number of anilines is 1. The van der Waals surface area contributed by atoms with E-state index >= 15 is 0 Å². The smallest absolute Gasteiger partial charge is 0.222 e. The van der Waals surface area contributed by atoms with Crippen molar-refractivity contribution in [2.24, 2.45) is 0 Å². The monoisotopic (exact) mass is 219 g/mol. The first-order valence-electron chi connectivity index (χ1n) is 5.37. The number of nitrogen functional groups attached to an aromatic ring is 1. The van der Waals surface area contributed by atoms with Crippen molar-refractivity contribution in [2.75, 3.05) is 18.9 Å². The second-order valence-corrected chi connectivity index (χ2v) is 3.10. The fraction of sp³-hybridized carbons (Fsp3) is 0.385. The fourth-order valence-electron chi connectivity index (χ4n) is 1.18. The predicted molar refractivity (Wildman–Crippen MR) is 64.8 cm³/mol. The van der Waals surface area contributed by atoms with E-state index in [1.54, 1.807) is 0 Å². The van der Waals surface area contributed by atoms with Crippen molar-refractivity contribution in [2.45, 2.75) is 20.1 Å². The number of nitrogens with two attached hydrogens (primary N) is 1. The molecule has 0 saturated carbocycles. The van der Waals surface area contributed by atoms with Crippen LogP contribution in [-0.4, -0.2) is 19.5 Å². The maximum Gasteiger partial charge on any atom is 0.222 e. The highest BCUT2D eigenvalue weighted by Crippen LogP contribution is 2.08. The maximum atomic E-state index is 5.77. The van der Waals surface area contributed by atoms with Gasteiger partial charge in [-0.2, -0.15) is 0 Å². The molecule has 1 rings (SSSR count). The van der Waals surface area contributed by atoms with Crippen LogP contribution >= 0.6 is 0 Å². The number of rotatable bonds is 4. The first-order chi connectivity index (χ1) is 7.77. The van der Waals surface area contributed by atoms with Crippen molar-refractivity contribution in [1.29, 1.82) is 0 Å². The molecule has 0 amide bonds. The largest absolute Gasteiger partial charge is 0.398 e. The zero-order chi connectivity index (χ0) is 11.8. The molecule has 0 atom stereocenters. The summed E-state index contributed by atoms with van der Waals surface area (Å²) in [6.07, 6.45) is -0.477. The average Bonchev–Trinajstić information content (AvgIpc) is 2.28. The third kappa shape index (κ3) is 3.93. The molecule has 0 fully saturated rings. The Morgan fingerprint density at radius 1 is 1.19 bits per heavy atom. The summed E-state index contributed by atoms with van der Waals surface area (Å²) in [5.41, 5.74) is 7.24. The van der Waals surface area contributed by atoms with Crippen molar-refractivity contribution in [3.05, 3.63) is 29.8 Å². The second-order valence-electron chi connectivity index (χ2n) is 3.10. The Morgan fingerprint density at radius 3 is 2.38 bits per heavy atom. The molecule has 2 N–H and O–H groups in total. The molecule has 0 radical (unpaired) electrons. The highest BCUT2D eigenvalue weighted by atomic mass is 16.7. The third-order valence-corrected chi connectivity index (χ3v) is 1.92. The third-order valence-electron chi connectivity index (χ3n) is 1.92. The summed E-state index contributed by atoms with van der Waals surface area (Å²) < 4.78 is 10.6. The van der Waals surface area contributed by atoms with Gasteiger partial charge in [-0.05, 0) is 31.9 Å². The van der Waals surface area contributed by atoms with Gasteiger partial charge in [0, 0.05) is 24.5 Å². The van der Waals surface area contributed by atoms with Crippen LogP contribution in [-0.2, 0) is 9.47 Å². The molecule has 0 aliphatic rings. The Bertz CT molecular complexity index is 373. The lowest BCUT2D eigenvalue weighted by molar-refractivity contribution is -0.0969. The van der Waals surface area contributed by atoms with Gasteiger partial charge in [0.1, 0.15) is 0 Å². The highest BCUT2D eigenvalue weighted by Gasteiger charge is 2.02. The van der Waals surface area contributed by atoms with Gasteiger partial charge in [-0.15, -0.1) is 0 Å². The van der Waals surface area contributed by atoms with Crippen molar-refractivity contribution >= 4 is 5.69 Å². The van der Waals surface area contributed by atoms with Gasteiger partial charge in [0.15, 0.2) is 0 Å². The number of hydrogen-bond donors (Lipinski definition) is 1. The van der Waals surface area contributed by atoms with Crippen LogP contribution in [0.3, 0.4) is 0 Å². The van der Waals surface area contributed by atoms with Gasteiger partial charge >= 0.3 is 0 Å². The molecule has 0 unspecified atom stereocenters. The van der Waals surface area contributed by atoms with Crippen LogP contribution in [0, 0.1) is 11.8 Å². The fourth-order valence-corrected chi connectivity index (χ4v) is 1.18. The van der Waals surface area contributed by atoms with Gasteiger partial charge in [0.25, 0.3) is 0 Å². The van der Waals surface area contributed by atoms with E-state index in [4.69, 9.17) is 15.2 Å². The Morgan fingerprint density at radius 2 is 1.81 bits per heavy atom. The number of hydrogen-bond acceptors (Lipinski definition) is 3. The van der Waals surface area contributed by atoms with Crippen molar-refractivity contribution in [3.63, 3.8) is 0 Å². The predicted octanol–water partition coefficient (Wildman–Crippen LogP) is 2.02. The average molecular weight is 219 g/mol. The van der Waals surface area contributed by atoms with Crippen LogP contribution < -0.4 is 5.73 Å². The van der Waals surface area contributed by atoms with E-state index in [2.05, 4.69) is 11.8 Å². The van der Waals surface area contributed by atoms with E-state index < -0.39 is 6.29 Å². The summed E-state index contributed by atoms with van der Waals surface area (Å²) in [7, 11) is 0. The van der Waals surface area contributed by atoms with Crippen molar-refractivity contribution in [1.82, 2.24) is 0 Å². The number of benzene rings is 1. The molecular formula is C13H17NO2. The van der Waals surface area contributed by atoms with Gasteiger partial charge < -0.3 is 15.2 Å². The van der Waals surface area contributed by atoms with Crippen LogP contribution in [0.2, 0.25) is 0 Å². The van der Waals surface area contributed by atoms with Crippen LogP contribution in [0.5, 0.6) is 0 Å². The van der Waals surface area contributed by atoms with Gasteiger partial charge in [-0.3, -0.25) is 0 Å². The summed E-state index contributed by atoms with van der Waals surface area (Å²) in [6.45, 7) is 4.96. The zero-order valence-electron chi connectivity index (χ0n) is 9.69. The summed E-state index contributed by atoms with van der Waals surface area (Å²) in [6, 6.07) is 7.47. The van der Waals surface area contributed by atoms with Crippen LogP contribution in [0.4, 0.5) is 5.69 Å². The first kappa shape index (κ1) is 12.6. The van der Waals surface area contributed by atoms with Gasteiger partial charge in [0.05, 0.1) is 0 Å². The molecular weight excluding hydrogens is 202 g/mol. The second kappa shape index (κ2) is 6.89. The Balaban J connectivity index is 2.74. The van der Waals surface area contributed by atoms with Gasteiger partial charge in [0.2, 0.25) is 6.29 Å². The first-order valence-corrected chi connectivity index (χ1v) is 5.37. The van der Waals surface area contributed by atoms with E-state index in [9.17, 15) is 0 Å². The zero-order valence-corrected chi connectivity index (χ0v) is 9.69. The summed E-state index contributed by atoms with van der Waals surface area (Å²) in [5.74, 6) is 5.86. The molecule has 3 heteroatoms. The Kier molecular flexibility index (Phi) is 5.41. The normalized spacial score (nSPS) is 9.94. The molecule has 0 aliphatic heterocycles. The molecule has 86 valence electrons. The van der Waals surface area contributed by atoms with E-state index in [0.717, 1.165) is 5.56 Å². The minimum atomic E-state index is -0.477. The topological polar surface area (TPSA) is 44.5 Å². The van der Waals surface area contributed by atoms with E-state index in [1.165, 1.54) is 0 Å². The van der Waals surface area contributed by atoms with E-state index in [0.29, 0.717) is 18.9 Å². The molecule has 1 aromatic carbocycles. The molecule has 0 bridgehead atoms. The molecule has 16 heavy (non-hydrogen) atoms. The minimum absolute atomic E-state index is 0.477. The van der Waals surface area contributed by atoms with Crippen LogP contribution in [0.15, 0.2) is 24.3 Å². The van der Waals surface area contributed by atoms with Crippen LogP contribution in [0.25, 0.3) is 0 Å². The quantitative estimate of drug-likeness (QED) is 0.478. The summed E-state index contributed by atoms with van der Waals surface area (Å²) >= 11 is 0. The SMILES string of the molecule is CCOC(C#Cc1ccccc1N)OCC. The van der Waals surface area contributed by atoms with Crippen molar-refractivity contribution < 1.29 is 9.47 Å². The van der Waals surface area contributed by atoms with Crippen molar-refractivity contribution in [3.8, 4) is 11.8 Å². The van der Waals surface area contributed by atoms with Gasteiger partial charge in [-0.25, -0.2) is 0 Å². The lowest BCUT2D eigenvalue weighted by Crippen LogP contribution is -2.14. The summed E-state index contributed by atoms with van der Waals surface area (Å²) in [5, 5.41) is 0. The lowest BCUT2D eigenvalue weighted by atomic mass is 10.2. The number of para-hydroxylation sites is 1. The Labute approximate surface area is 96.6 Å². The Hall–Kier alpha value is -1.50. The molecule has 0 aliphatic carbocycles. The van der Waals surface area contributed by atoms with E-state index in [-0.39, 0.29) is 0 Å². The lowest BCUT2D eigenvalue weighted by Gasteiger charge is -2.09. The van der Waals surface area contributed by atoms with E-state index in [1.807, 2.05) is 38.1 Å². The number of ether oxygens (including phenoxy) is 2. The standard InChI is InChI=1S/C13H17NO2/c1-3-15-13(16-4-2)10-9-11-7-5-6-8-12(11)14/h5-8,13H,3-4,14H2,1-2H3. The molecule has 0 spiro atoms. The van der Waals surface area contributed by atoms with Gasteiger partial charge in [-0.1, -0.05) is 18.1 Å². The molecule has 0 saturated heterocycles. The maximum absolute atomic E-state index is 5.77. The molecule has 0 aromatic heterocycles. The highest BCUT2D eigenvalue weighted by molar-refractivity contribution is 5.55. The minimum Gasteiger partial charge on any atom is -0.398 e.